The SMILES string of the molecule is CSCC[C@H]1CO1. The summed E-state index contributed by atoms with van der Waals surface area (Å²) < 4.78 is 5.00. The van der Waals surface area contributed by atoms with Crippen LogP contribution in [0.1, 0.15) is 6.42 Å². The van der Waals surface area contributed by atoms with Crippen molar-refractivity contribution in [3.8, 4) is 0 Å². The van der Waals surface area contributed by atoms with E-state index in [1.807, 2.05) is 11.8 Å². The molecular formula is C5H10OS. The van der Waals surface area contributed by atoms with Gasteiger partial charge in [-0.15, -0.1) is 0 Å². The molecule has 0 radical (unpaired) electrons. The van der Waals surface area contributed by atoms with Gasteiger partial charge in [-0.1, -0.05) is 0 Å². The van der Waals surface area contributed by atoms with Crippen LogP contribution >= 0.6 is 11.8 Å². The monoisotopic (exact) mass is 118 g/mol. The van der Waals surface area contributed by atoms with E-state index in [4.69, 9.17) is 4.74 Å². The molecule has 0 unspecified atom stereocenters. The quantitative estimate of drug-likeness (QED) is 0.515. The Kier molecular flexibility index (Phi) is 2.00. The predicted molar refractivity (Wildman–Crippen MR) is 32.7 cm³/mol. The molecule has 7 heavy (non-hydrogen) atoms. The van der Waals surface area contributed by atoms with E-state index in [1.165, 1.54) is 12.2 Å². The lowest BCUT2D eigenvalue weighted by molar-refractivity contribution is 0.404. The Morgan fingerprint density at radius 3 is 3.00 bits per heavy atom. The van der Waals surface area contributed by atoms with Gasteiger partial charge < -0.3 is 4.74 Å². The van der Waals surface area contributed by atoms with Crippen LogP contribution in [0.5, 0.6) is 0 Å². The molecule has 0 bridgehead atoms. The van der Waals surface area contributed by atoms with Gasteiger partial charge in [-0.25, -0.2) is 0 Å². The smallest absolute Gasteiger partial charge is 0.0817 e. The standard InChI is InChI=1S/C5H10OS/c1-7-3-2-5-4-6-5/h5H,2-4H2,1H3/t5-/m0/s1. The molecule has 42 valence electrons. The van der Waals surface area contributed by atoms with E-state index in [0.717, 1.165) is 6.61 Å². The summed E-state index contributed by atoms with van der Waals surface area (Å²) in [5.41, 5.74) is 0. The summed E-state index contributed by atoms with van der Waals surface area (Å²) in [6, 6.07) is 0. The highest BCUT2D eigenvalue weighted by Crippen LogP contribution is 2.14. The van der Waals surface area contributed by atoms with Gasteiger partial charge in [-0.2, -0.15) is 11.8 Å². The third kappa shape index (κ3) is 2.19. The van der Waals surface area contributed by atoms with E-state index in [0.29, 0.717) is 6.10 Å². The van der Waals surface area contributed by atoms with Gasteiger partial charge in [0.15, 0.2) is 0 Å². The minimum atomic E-state index is 0.632. The van der Waals surface area contributed by atoms with Gasteiger partial charge in [-0.05, 0) is 18.4 Å². The first kappa shape index (κ1) is 5.45. The lowest BCUT2D eigenvalue weighted by Crippen LogP contribution is -1.85. The minimum absolute atomic E-state index is 0.632. The molecule has 0 aromatic carbocycles. The van der Waals surface area contributed by atoms with E-state index in [1.54, 1.807) is 0 Å². The highest BCUT2D eigenvalue weighted by atomic mass is 32.2. The maximum absolute atomic E-state index is 5.00. The summed E-state index contributed by atoms with van der Waals surface area (Å²) in [5.74, 6) is 1.25. The maximum atomic E-state index is 5.00. The topological polar surface area (TPSA) is 12.5 Å². The molecule has 0 saturated carbocycles. The third-order valence-corrected chi connectivity index (χ3v) is 1.69. The Hall–Kier alpha value is 0.310. The second kappa shape index (κ2) is 2.58. The van der Waals surface area contributed by atoms with Crippen molar-refractivity contribution in [3.63, 3.8) is 0 Å². The van der Waals surface area contributed by atoms with Crippen LogP contribution in [0, 0.1) is 0 Å². The Bertz CT molecular complexity index is 52.0. The van der Waals surface area contributed by atoms with Crippen LogP contribution in [0.25, 0.3) is 0 Å². The molecular weight excluding hydrogens is 108 g/mol. The highest BCUT2D eigenvalue weighted by molar-refractivity contribution is 7.98. The Morgan fingerprint density at radius 1 is 1.86 bits per heavy atom. The molecule has 2 heteroatoms. The second-order valence-corrected chi connectivity index (χ2v) is 2.72. The zero-order valence-electron chi connectivity index (χ0n) is 4.52. The van der Waals surface area contributed by atoms with E-state index in [-0.39, 0.29) is 0 Å². The van der Waals surface area contributed by atoms with Crippen molar-refractivity contribution in [3.05, 3.63) is 0 Å². The average molecular weight is 118 g/mol. The van der Waals surface area contributed by atoms with Gasteiger partial charge in [0.1, 0.15) is 0 Å². The van der Waals surface area contributed by atoms with Crippen LogP contribution < -0.4 is 0 Å². The van der Waals surface area contributed by atoms with Crippen molar-refractivity contribution in [2.45, 2.75) is 12.5 Å². The predicted octanol–water partition coefficient (Wildman–Crippen LogP) is 1.14. The molecule has 1 aliphatic rings. The maximum Gasteiger partial charge on any atom is 0.0817 e. The zero-order valence-corrected chi connectivity index (χ0v) is 5.33. The van der Waals surface area contributed by atoms with Crippen molar-refractivity contribution in [1.82, 2.24) is 0 Å². The summed E-state index contributed by atoms with van der Waals surface area (Å²) in [6.45, 7) is 1.01. The zero-order chi connectivity index (χ0) is 5.11. The van der Waals surface area contributed by atoms with Crippen LogP contribution in [0.2, 0.25) is 0 Å². The molecule has 0 N–H and O–H groups in total. The van der Waals surface area contributed by atoms with Crippen LogP contribution in [-0.4, -0.2) is 24.7 Å². The molecule has 0 aromatic heterocycles. The molecule has 1 rings (SSSR count). The van der Waals surface area contributed by atoms with Crippen LogP contribution in [0.15, 0.2) is 0 Å². The van der Waals surface area contributed by atoms with Gasteiger partial charge in [0.2, 0.25) is 0 Å². The molecule has 1 aliphatic heterocycles. The minimum Gasteiger partial charge on any atom is -0.373 e. The first-order valence-electron chi connectivity index (χ1n) is 2.54. The number of ether oxygens (including phenoxy) is 1. The molecule has 1 atom stereocenters. The largest absolute Gasteiger partial charge is 0.373 e. The Morgan fingerprint density at radius 2 is 2.57 bits per heavy atom. The number of rotatable bonds is 3. The van der Waals surface area contributed by atoms with Crippen LogP contribution in [0.3, 0.4) is 0 Å². The van der Waals surface area contributed by atoms with Gasteiger partial charge in [-0.3, -0.25) is 0 Å². The van der Waals surface area contributed by atoms with Crippen LogP contribution in [0.4, 0.5) is 0 Å². The second-order valence-electron chi connectivity index (χ2n) is 1.74. The summed E-state index contributed by atoms with van der Waals surface area (Å²) in [6.07, 6.45) is 4.01. The van der Waals surface area contributed by atoms with Gasteiger partial charge in [0.25, 0.3) is 0 Å². The highest BCUT2D eigenvalue weighted by Gasteiger charge is 2.20. The van der Waals surface area contributed by atoms with Crippen LogP contribution in [-0.2, 0) is 4.74 Å². The third-order valence-electron chi connectivity index (χ3n) is 1.05. The summed E-state index contributed by atoms with van der Waals surface area (Å²) in [7, 11) is 0. The van der Waals surface area contributed by atoms with E-state index >= 15 is 0 Å². The number of hydrogen-bond acceptors (Lipinski definition) is 2. The molecule has 1 heterocycles. The van der Waals surface area contributed by atoms with Crippen molar-refractivity contribution >= 4 is 11.8 Å². The van der Waals surface area contributed by atoms with Gasteiger partial charge >= 0.3 is 0 Å². The molecule has 1 saturated heterocycles. The summed E-state index contributed by atoms with van der Waals surface area (Å²) >= 11 is 1.89. The van der Waals surface area contributed by atoms with E-state index < -0.39 is 0 Å². The van der Waals surface area contributed by atoms with Gasteiger partial charge in [0, 0.05) is 0 Å². The number of hydrogen-bond donors (Lipinski definition) is 0. The van der Waals surface area contributed by atoms with Crippen molar-refractivity contribution in [2.75, 3.05) is 18.6 Å². The number of thioether (sulfide) groups is 1. The molecule has 1 nitrogen and oxygen atoms in total. The normalized spacial score (nSPS) is 27.9. The first-order chi connectivity index (χ1) is 3.43. The van der Waals surface area contributed by atoms with Crippen molar-refractivity contribution in [1.29, 1.82) is 0 Å². The van der Waals surface area contributed by atoms with Gasteiger partial charge in [0.05, 0.1) is 12.7 Å². The first-order valence-corrected chi connectivity index (χ1v) is 3.93. The van der Waals surface area contributed by atoms with Crippen molar-refractivity contribution in [2.24, 2.45) is 0 Å². The average Bonchev–Trinajstić information content (AvgIpc) is 2.42. The molecule has 0 spiro atoms. The number of epoxide rings is 1. The molecule has 0 aliphatic carbocycles. The fourth-order valence-electron chi connectivity index (χ4n) is 0.484. The molecule has 0 amide bonds. The summed E-state index contributed by atoms with van der Waals surface area (Å²) in [4.78, 5) is 0. The Balaban J connectivity index is 1.80. The van der Waals surface area contributed by atoms with E-state index in [2.05, 4.69) is 6.26 Å². The summed E-state index contributed by atoms with van der Waals surface area (Å²) in [5, 5.41) is 0. The molecule has 0 aromatic rings. The fourth-order valence-corrected chi connectivity index (χ4v) is 0.983. The molecule has 1 fully saturated rings. The Labute approximate surface area is 48.4 Å². The lowest BCUT2D eigenvalue weighted by Gasteiger charge is -1.86. The fraction of sp³-hybridized carbons (Fsp3) is 1.00. The lowest BCUT2D eigenvalue weighted by atomic mass is 10.4. The van der Waals surface area contributed by atoms with E-state index in [9.17, 15) is 0 Å². The van der Waals surface area contributed by atoms with Crippen molar-refractivity contribution < 1.29 is 4.74 Å².